The maximum absolute atomic E-state index is 11.9. The lowest BCUT2D eigenvalue weighted by molar-refractivity contribution is -0.178. The number of allylic oxidation sites excluding steroid dienone is 2. The molecule has 0 radical (unpaired) electrons. The van der Waals surface area contributed by atoms with Gasteiger partial charge in [0, 0.05) is 18.8 Å². The Hall–Kier alpha value is -1.09. The molecule has 0 N–H and O–H groups in total. The zero-order valence-corrected chi connectivity index (χ0v) is 16.7. The van der Waals surface area contributed by atoms with Crippen LogP contribution in [-0.2, 0) is 14.3 Å². The number of carbonyl (C=O) groups excluding carboxylic acids is 1. The first kappa shape index (κ1) is 18.7. The topological polar surface area (TPSA) is 35.5 Å². The van der Waals surface area contributed by atoms with Crippen molar-refractivity contribution in [3.63, 3.8) is 0 Å². The number of rotatable bonds is 2. The van der Waals surface area contributed by atoms with E-state index in [4.69, 9.17) is 9.47 Å². The van der Waals surface area contributed by atoms with Gasteiger partial charge in [0.15, 0.2) is 0 Å². The second-order valence-corrected chi connectivity index (χ2v) is 8.99. The zero-order chi connectivity index (χ0) is 18.4. The Morgan fingerprint density at radius 1 is 1.32 bits per heavy atom. The minimum atomic E-state index is -0.546. The van der Waals surface area contributed by atoms with Gasteiger partial charge in [-0.05, 0) is 58.3 Å². The third kappa shape index (κ3) is 3.45. The van der Waals surface area contributed by atoms with Gasteiger partial charge in [-0.1, -0.05) is 37.1 Å². The van der Waals surface area contributed by atoms with Gasteiger partial charge in [-0.15, -0.1) is 0 Å². The van der Waals surface area contributed by atoms with Gasteiger partial charge in [0.25, 0.3) is 0 Å². The molecule has 3 aliphatic rings. The molecule has 0 saturated carbocycles. The monoisotopic (exact) mass is 346 g/mol. The van der Waals surface area contributed by atoms with Crippen LogP contribution in [0.25, 0.3) is 0 Å². The smallest absolute Gasteiger partial charge is 0.303 e. The van der Waals surface area contributed by atoms with E-state index >= 15 is 0 Å². The summed E-state index contributed by atoms with van der Waals surface area (Å²) >= 11 is 0. The summed E-state index contributed by atoms with van der Waals surface area (Å²) in [7, 11) is 0. The van der Waals surface area contributed by atoms with Crippen molar-refractivity contribution in [2.75, 3.05) is 0 Å². The van der Waals surface area contributed by atoms with Crippen molar-refractivity contribution in [3.05, 3.63) is 23.3 Å². The van der Waals surface area contributed by atoms with Crippen LogP contribution in [-0.4, -0.2) is 23.8 Å². The van der Waals surface area contributed by atoms with Crippen LogP contribution in [0.5, 0.6) is 0 Å². The summed E-state index contributed by atoms with van der Waals surface area (Å²) in [5, 5.41) is 0. The van der Waals surface area contributed by atoms with Gasteiger partial charge in [0.05, 0.1) is 6.10 Å². The SMILES string of the molecule is CC(=O)O[C@]1(C)CC/C=C(/C)C[C@H]2O[C@@H]1[C@H]1[C@@H]2C(C)=CC[C@@H]1C(C)C. The Bertz CT molecular complexity index is 588. The largest absolute Gasteiger partial charge is 0.457 e. The predicted molar refractivity (Wildman–Crippen MR) is 100 cm³/mol. The third-order valence-corrected chi connectivity index (χ3v) is 6.71. The molecule has 0 aromatic rings. The number of hydrogen-bond donors (Lipinski definition) is 0. The molecule has 25 heavy (non-hydrogen) atoms. The molecule has 2 aliphatic heterocycles. The molecule has 0 aromatic heterocycles. The van der Waals surface area contributed by atoms with E-state index in [-0.39, 0.29) is 18.2 Å². The van der Waals surface area contributed by atoms with Gasteiger partial charge in [-0.2, -0.15) is 0 Å². The Morgan fingerprint density at radius 3 is 2.68 bits per heavy atom. The van der Waals surface area contributed by atoms with E-state index in [2.05, 4.69) is 46.8 Å². The highest BCUT2D eigenvalue weighted by Gasteiger charge is 2.57. The summed E-state index contributed by atoms with van der Waals surface area (Å²) in [6, 6.07) is 0. The molecule has 0 unspecified atom stereocenters. The van der Waals surface area contributed by atoms with Crippen LogP contribution in [0.3, 0.4) is 0 Å². The van der Waals surface area contributed by atoms with Gasteiger partial charge in [0.1, 0.15) is 11.7 Å². The average Bonchev–Trinajstić information content (AvgIpc) is 2.88. The van der Waals surface area contributed by atoms with Crippen LogP contribution in [0, 0.1) is 23.7 Å². The van der Waals surface area contributed by atoms with E-state index in [9.17, 15) is 4.79 Å². The number of esters is 1. The fraction of sp³-hybridized carbons (Fsp3) is 0.773. The molecule has 140 valence electrons. The van der Waals surface area contributed by atoms with Crippen molar-refractivity contribution in [2.45, 2.75) is 85.0 Å². The summed E-state index contributed by atoms with van der Waals surface area (Å²) in [6.45, 7) is 12.7. The van der Waals surface area contributed by atoms with E-state index in [0.717, 1.165) is 25.7 Å². The first-order chi connectivity index (χ1) is 11.7. The number of fused-ring (bicyclic) bond motifs is 5. The molecular formula is C22H34O3. The Morgan fingerprint density at radius 2 is 2.04 bits per heavy atom. The van der Waals surface area contributed by atoms with Gasteiger partial charge in [-0.25, -0.2) is 0 Å². The maximum atomic E-state index is 11.9. The van der Waals surface area contributed by atoms with E-state index < -0.39 is 5.60 Å². The third-order valence-electron chi connectivity index (χ3n) is 6.71. The van der Waals surface area contributed by atoms with E-state index in [0.29, 0.717) is 23.7 Å². The summed E-state index contributed by atoms with van der Waals surface area (Å²) in [5.74, 6) is 1.87. The van der Waals surface area contributed by atoms with Gasteiger partial charge < -0.3 is 9.47 Å². The van der Waals surface area contributed by atoms with Crippen LogP contribution in [0.1, 0.15) is 67.2 Å². The minimum absolute atomic E-state index is 0.0123. The first-order valence-electron chi connectivity index (χ1n) is 9.90. The summed E-state index contributed by atoms with van der Waals surface area (Å²) in [4.78, 5) is 11.9. The summed E-state index contributed by atoms with van der Waals surface area (Å²) in [5.41, 5.74) is 2.32. The van der Waals surface area contributed by atoms with Gasteiger partial charge in [0.2, 0.25) is 0 Å². The van der Waals surface area contributed by atoms with Crippen LogP contribution in [0.4, 0.5) is 0 Å². The van der Waals surface area contributed by atoms with Crippen LogP contribution in [0.15, 0.2) is 23.3 Å². The van der Waals surface area contributed by atoms with Crippen LogP contribution in [0.2, 0.25) is 0 Å². The number of carbonyl (C=O) groups is 1. The Balaban J connectivity index is 2.06. The second-order valence-electron chi connectivity index (χ2n) is 8.99. The molecule has 2 bridgehead atoms. The zero-order valence-electron chi connectivity index (χ0n) is 16.7. The fourth-order valence-corrected chi connectivity index (χ4v) is 5.53. The first-order valence-corrected chi connectivity index (χ1v) is 9.90. The maximum Gasteiger partial charge on any atom is 0.303 e. The quantitative estimate of drug-likeness (QED) is 0.518. The lowest BCUT2D eigenvalue weighted by atomic mass is 9.63. The standard InChI is InChI=1S/C22H34O3/c1-13(2)17-10-9-15(4)19-18-12-14(3)8-7-11-22(6,25-16(5)23)21(24-18)20(17)19/h8-9,13,17-21H,7,10-12H2,1-6H3/b14-8-/t17-,18-,19-,20-,21-,22-/m1/s1. The molecule has 3 nitrogen and oxygen atoms in total. The molecule has 0 aromatic carbocycles. The highest BCUT2D eigenvalue weighted by molar-refractivity contribution is 5.66. The molecule has 3 rings (SSSR count). The van der Waals surface area contributed by atoms with E-state index in [1.807, 2.05) is 0 Å². The second kappa shape index (κ2) is 6.90. The number of hydrogen-bond acceptors (Lipinski definition) is 3. The number of ether oxygens (including phenoxy) is 2. The van der Waals surface area contributed by atoms with Crippen molar-refractivity contribution in [1.29, 1.82) is 0 Å². The lowest BCUT2D eigenvalue weighted by Gasteiger charge is -2.43. The lowest BCUT2D eigenvalue weighted by Crippen LogP contribution is -2.50. The molecule has 2 heterocycles. The minimum Gasteiger partial charge on any atom is -0.457 e. The molecule has 0 amide bonds. The molecule has 6 atom stereocenters. The Kier molecular flexibility index (Phi) is 5.16. The molecule has 1 aliphatic carbocycles. The van der Waals surface area contributed by atoms with Crippen molar-refractivity contribution in [1.82, 2.24) is 0 Å². The summed E-state index contributed by atoms with van der Waals surface area (Å²) < 4.78 is 12.6. The summed E-state index contributed by atoms with van der Waals surface area (Å²) in [6.07, 6.45) is 8.81. The Labute approximate surface area is 152 Å². The average molecular weight is 347 g/mol. The van der Waals surface area contributed by atoms with Crippen molar-refractivity contribution >= 4 is 5.97 Å². The normalized spacial score (nSPS) is 43.2. The molecular weight excluding hydrogens is 312 g/mol. The van der Waals surface area contributed by atoms with Crippen LogP contribution >= 0.6 is 0 Å². The highest BCUT2D eigenvalue weighted by atomic mass is 16.6. The highest BCUT2D eigenvalue weighted by Crippen LogP contribution is 2.53. The van der Waals surface area contributed by atoms with E-state index in [1.165, 1.54) is 18.1 Å². The van der Waals surface area contributed by atoms with Crippen molar-refractivity contribution in [3.8, 4) is 0 Å². The molecule has 3 heteroatoms. The molecule has 0 spiro atoms. The predicted octanol–water partition coefficient (Wildman–Crippen LogP) is 5.06. The van der Waals surface area contributed by atoms with E-state index in [1.54, 1.807) is 0 Å². The van der Waals surface area contributed by atoms with Crippen molar-refractivity contribution < 1.29 is 14.3 Å². The molecule has 1 fully saturated rings. The van der Waals surface area contributed by atoms with Gasteiger partial charge >= 0.3 is 5.97 Å². The van der Waals surface area contributed by atoms with Crippen LogP contribution < -0.4 is 0 Å². The van der Waals surface area contributed by atoms with Crippen molar-refractivity contribution in [2.24, 2.45) is 23.7 Å². The fourth-order valence-electron chi connectivity index (χ4n) is 5.53. The molecule has 1 saturated heterocycles. The van der Waals surface area contributed by atoms with Gasteiger partial charge in [-0.3, -0.25) is 4.79 Å².